The highest BCUT2D eigenvalue weighted by Gasteiger charge is 2.26. The minimum absolute atomic E-state index is 0.0190. The molecule has 0 bridgehead atoms. The lowest BCUT2D eigenvalue weighted by molar-refractivity contribution is -0.116. The fourth-order valence-corrected chi connectivity index (χ4v) is 2.78. The zero-order chi connectivity index (χ0) is 13.1. The van der Waals surface area contributed by atoms with Crippen LogP contribution in [0.1, 0.15) is 5.56 Å². The maximum Gasteiger partial charge on any atom is 0.237 e. The molecule has 6 heteroatoms. The summed E-state index contributed by atoms with van der Waals surface area (Å²) in [5.41, 5.74) is 13.2. The number of hydrogen-bond donors (Lipinski definition) is 3. The monoisotopic (exact) mass is 267 g/mol. The van der Waals surface area contributed by atoms with Crippen molar-refractivity contribution in [1.82, 2.24) is 0 Å². The molecule has 0 fully saturated rings. The molecule has 0 spiro atoms. The van der Waals surface area contributed by atoms with Gasteiger partial charge >= 0.3 is 0 Å². The van der Waals surface area contributed by atoms with E-state index >= 15 is 0 Å². The Morgan fingerprint density at radius 3 is 2.94 bits per heavy atom. The normalized spacial score (nSPS) is 16.6. The van der Waals surface area contributed by atoms with Crippen LogP contribution in [-0.2, 0) is 11.3 Å². The van der Waals surface area contributed by atoms with Gasteiger partial charge in [0.2, 0.25) is 5.91 Å². The van der Waals surface area contributed by atoms with Gasteiger partial charge in [0, 0.05) is 24.0 Å². The van der Waals surface area contributed by atoms with Crippen LogP contribution >= 0.6 is 11.8 Å². The summed E-state index contributed by atoms with van der Waals surface area (Å²) in [7, 11) is 0. The third kappa shape index (κ3) is 2.67. The molecule has 0 saturated carbocycles. The second kappa shape index (κ2) is 5.71. The van der Waals surface area contributed by atoms with E-state index in [1.807, 2.05) is 18.2 Å². The molecule has 1 amide bonds. The molecule has 1 aliphatic rings. The molecule has 1 heterocycles. The lowest BCUT2D eigenvalue weighted by Gasteiger charge is -2.31. The molecule has 1 atom stereocenters. The van der Waals surface area contributed by atoms with E-state index in [4.69, 9.17) is 16.6 Å². The molecule has 1 aliphatic heterocycles. The minimum atomic E-state index is -0.425. The van der Waals surface area contributed by atoms with Crippen LogP contribution in [0.2, 0.25) is 0 Å². The number of amides is 1. The topological polar surface area (TPSA) is 92.6 Å². The summed E-state index contributed by atoms with van der Waals surface area (Å²) < 4.78 is 0. The molecular weight excluding hydrogens is 250 g/mol. The number of fused-ring (bicyclic) bond motifs is 1. The number of carbonyl (C=O) groups is 1. The first-order valence-corrected chi connectivity index (χ1v) is 6.77. The summed E-state index contributed by atoms with van der Waals surface area (Å²) in [6.45, 7) is 0.631. The molecule has 1 aromatic rings. The molecule has 1 unspecified atom stereocenters. The van der Waals surface area contributed by atoms with Gasteiger partial charge in [-0.05, 0) is 17.7 Å². The Morgan fingerprint density at radius 1 is 1.50 bits per heavy atom. The van der Waals surface area contributed by atoms with Crippen molar-refractivity contribution in [1.29, 1.82) is 0 Å². The van der Waals surface area contributed by atoms with Gasteiger partial charge in [0.25, 0.3) is 0 Å². The summed E-state index contributed by atoms with van der Waals surface area (Å²) >= 11 is 1.52. The Balaban J connectivity index is 2.32. The van der Waals surface area contributed by atoms with E-state index in [1.54, 1.807) is 4.90 Å². The van der Waals surface area contributed by atoms with Gasteiger partial charge in [-0.1, -0.05) is 6.07 Å². The highest BCUT2D eigenvalue weighted by molar-refractivity contribution is 8.00. The van der Waals surface area contributed by atoms with Gasteiger partial charge in [-0.3, -0.25) is 4.79 Å². The number of aliphatic hydroxyl groups excluding tert-OH is 1. The van der Waals surface area contributed by atoms with E-state index in [0.717, 1.165) is 16.1 Å². The van der Waals surface area contributed by atoms with Gasteiger partial charge in [0.15, 0.2) is 0 Å². The van der Waals surface area contributed by atoms with Gasteiger partial charge in [0.1, 0.15) is 0 Å². The van der Waals surface area contributed by atoms with Crippen molar-refractivity contribution in [2.75, 3.05) is 23.8 Å². The van der Waals surface area contributed by atoms with Crippen LogP contribution < -0.4 is 16.4 Å². The second-order valence-corrected chi connectivity index (χ2v) is 5.26. The summed E-state index contributed by atoms with van der Waals surface area (Å²) in [6.07, 6.45) is 0. The number of nitrogens with zero attached hydrogens (tertiary/aromatic N) is 1. The molecule has 0 aromatic heterocycles. The number of carbonyl (C=O) groups excluding carboxylic acids is 1. The number of anilines is 1. The quantitative estimate of drug-likeness (QED) is 0.708. The number of benzene rings is 1. The second-order valence-electron chi connectivity index (χ2n) is 4.24. The Bertz CT molecular complexity index is 453. The molecule has 0 radical (unpaired) electrons. The minimum Gasteiger partial charge on any atom is -0.395 e. The summed E-state index contributed by atoms with van der Waals surface area (Å²) in [6, 6.07) is 5.44. The van der Waals surface area contributed by atoms with Crippen molar-refractivity contribution >= 4 is 23.4 Å². The van der Waals surface area contributed by atoms with Crippen molar-refractivity contribution in [2.45, 2.75) is 17.5 Å². The first-order chi connectivity index (χ1) is 8.65. The lowest BCUT2D eigenvalue weighted by Crippen LogP contribution is -2.45. The highest BCUT2D eigenvalue weighted by Crippen LogP contribution is 2.35. The Morgan fingerprint density at radius 2 is 2.28 bits per heavy atom. The van der Waals surface area contributed by atoms with Crippen LogP contribution in [0.3, 0.4) is 0 Å². The Labute approximate surface area is 110 Å². The van der Waals surface area contributed by atoms with Gasteiger partial charge in [-0.2, -0.15) is 0 Å². The average Bonchev–Trinajstić information content (AvgIpc) is 2.41. The van der Waals surface area contributed by atoms with Crippen molar-refractivity contribution in [2.24, 2.45) is 11.5 Å². The molecule has 98 valence electrons. The molecular formula is C12H17N3O2S. The Hall–Kier alpha value is -1.08. The summed E-state index contributed by atoms with van der Waals surface area (Å²) in [5.74, 6) is 0.429. The van der Waals surface area contributed by atoms with Gasteiger partial charge in [-0.25, -0.2) is 0 Å². The Kier molecular flexibility index (Phi) is 4.23. The van der Waals surface area contributed by atoms with Crippen molar-refractivity contribution < 1.29 is 9.90 Å². The zero-order valence-corrected chi connectivity index (χ0v) is 10.8. The van der Waals surface area contributed by atoms with Crippen LogP contribution in [0.15, 0.2) is 23.1 Å². The van der Waals surface area contributed by atoms with E-state index in [0.29, 0.717) is 18.8 Å². The third-order valence-corrected chi connectivity index (χ3v) is 3.90. The van der Waals surface area contributed by atoms with Crippen LogP contribution in [0.5, 0.6) is 0 Å². The summed E-state index contributed by atoms with van der Waals surface area (Å²) in [4.78, 5) is 14.6. The van der Waals surface area contributed by atoms with Crippen LogP contribution in [-0.4, -0.2) is 36.0 Å². The van der Waals surface area contributed by atoms with E-state index in [-0.39, 0.29) is 12.5 Å². The predicted octanol–water partition coefficient (Wildman–Crippen LogP) is -0.0964. The largest absolute Gasteiger partial charge is 0.395 e. The first-order valence-electron chi connectivity index (χ1n) is 5.78. The maximum absolute atomic E-state index is 11.9. The van der Waals surface area contributed by atoms with Gasteiger partial charge in [-0.15, -0.1) is 11.8 Å². The van der Waals surface area contributed by atoms with Crippen molar-refractivity contribution in [3.8, 4) is 0 Å². The van der Waals surface area contributed by atoms with Crippen LogP contribution in [0, 0.1) is 0 Å². The molecule has 0 saturated heterocycles. The predicted molar refractivity (Wildman–Crippen MR) is 72.5 cm³/mol. The number of rotatable bonds is 4. The molecule has 0 aliphatic carbocycles. The fraction of sp³-hybridized carbons (Fsp3) is 0.417. The first kappa shape index (κ1) is 13.4. The average molecular weight is 267 g/mol. The third-order valence-electron chi connectivity index (χ3n) is 2.85. The lowest BCUT2D eigenvalue weighted by atomic mass is 10.1. The van der Waals surface area contributed by atoms with Crippen molar-refractivity contribution in [3.63, 3.8) is 0 Å². The van der Waals surface area contributed by atoms with Crippen LogP contribution in [0.25, 0.3) is 0 Å². The zero-order valence-electron chi connectivity index (χ0n) is 10.0. The summed E-state index contributed by atoms with van der Waals surface area (Å²) in [5, 5.41) is 9.01. The molecule has 2 rings (SSSR count). The molecule has 1 aromatic carbocycles. The van der Waals surface area contributed by atoms with Crippen molar-refractivity contribution in [3.05, 3.63) is 23.8 Å². The fourth-order valence-electron chi connectivity index (χ4n) is 1.87. The molecule has 18 heavy (non-hydrogen) atoms. The van der Waals surface area contributed by atoms with Gasteiger partial charge < -0.3 is 21.5 Å². The van der Waals surface area contributed by atoms with E-state index in [2.05, 4.69) is 0 Å². The SMILES string of the molecule is NCc1ccc2c(c1)N(CC(N)CO)C(=O)CS2. The number of thioether (sulfide) groups is 1. The standard InChI is InChI=1S/C12H17N3O2S/c13-4-8-1-2-11-10(3-8)15(5-9(14)6-16)12(17)7-18-11/h1-3,9,16H,4-7,13-14H2. The van der Waals surface area contributed by atoms with Crippen LogP contribution in [0.4, 0.5) is 5.69 Å². The number of aliphatic hydroxyl groups is 1. The highest BCUT2D eigenvalue weighted by atomic mass is 32.2. The van der Waals surface area contributed by atoms with E-state index in [1.165, 1.54) is 11.8 Å². The number of hydrogen-bond acceptors (Lipinski definition) is 5. The number of nitrogens with two attached hydrogens (primary N) is 2. The molecule has 5 N–H and O–H groups in total. The van der Waals surface area contributed by atoms with Gasteiger partial charge in [0.05, 0.1) is 18.0 Å². The smallest absolute Gasteiger partial charge is 0.237 e. The maximum atomic E-state index is 11.9. The molecule has 5 nitrogen and oxygen atoms in total. The van der Waals surface area contributed by atoms with E-state index in [9.17, 15) is 4.79 Å². The van der Waals surface area contributed by atoms with E-state index < -0.39 is 6.04 Å².